The van der Waals surface area contributed by atoms with Gasteiger partial charge in [0.1, 0.15) is 0 Å². The Kier molecular flexibility index (Phi) is 5.05. The summed E-state index contributed by atoms with van der Waals surface area (Å²) in [5.74, 6) is -0.344. The minimum Gasteiger partial charge on any atom is -0.396 e. The number of carbonyl (C=O) groups is 1. The van der Waals surface area contributed by atoms with Crippen molar-refractivity contribution in [1.82, 2.24) is 20.0 Å². The highest BCUT2D eigenvalue weighted by Gasteiger charge is 2.15. The van der Waals surface area contributed by atoms with Crippen LogP contribution in [0.15, 0.2) is 54.9 Å². The number of rotatable bonds is 6. The van der Waals surface area contributed by atoms with Gasteiger partial charge in [0.25, 0.3) is 5.91 Å². The molecular weight excluding hydrogens is 368 g/mol. The van der Waals surface area contributed by atoms with Crippen molar-refractivity contribution in [1.29, 1.82) is 5.26 Å². The van der Waals surface area contributed by atoms with Gasteiger partial charge in [-0.2, -0.15) is 15.5 Å². The number of benzene rings is 2. The third-order valence-corrected chi connectivity index (χ3v) is 4.53. The first kappa shape index (κ1) is 18.4. The van der Waals surface area contributed by atoms with Crippen molar-refractivity contribution < 1.29 is 9.90 Å². The molecule has 29 heavy (non-hydrogen) atoms. The van der Waals surface area contributed by atoms with Gasteiger partial charge >= 0.3 is 0 Å². The van der Waals surface area contributed by atoms with Crippen molar-refractivity contribution in [2.24, 2.45) is 0 Å². The molecule has 2 aromatic heterocycles. The highest BCUT2D eigenvalue weighted by atomic mass is 16.3. The van der Waals surface area contributed by atoms with Gasteiger partial charge in [-0.25, -0.2) is 0 Å². The lowest BCUT2D eigenvalue weighted by Crippen LogP contribution is -2.12. The summed E-state index contributed by atoms with van der Waals surface area (Å²) in [6.45, 7) is 0.530. The molecule has 0 fully saturated rings. The number of fused-ring (bicyclic) bond motifs is 1. The van der Waals surface area contributed by atoms with E-state index in [0.29, 0.717) is 29.6 Å². The first-order chi connectivity index (χ1) is 14.2. The smallest absolute Gasteiger partial charge is 0.276 e. The van der Waals surface area contributed by atoms with E-state index < -0.39 is 0 Å². The number of nitrogens with zero attached hydrogens (tertiary/aromatic N) is 4. The molecular formula is C21H18N6O2. The average molecular weight is 386 g/mol. The summed E-state index contributed by atoms with van der Waals surface area (Å²) in [5.41, 5.74) is 4.06. The third-order valence-electron chi connectivity index (χ3n) is 4.53. The van der Waals surface area contributed by atoms with E-state index in [2.05, 4.69) is 26.7 Å². The largest absolute Gasteiger partial charge is 0.396 e. The molecule has 144 valence electrons. The van der Waals surface area contributed by atoms with E-state index in [1.807, 2.05) is 30.3 Å². The van der Waals surface area contributed by atoms with E-state index in [1.54, 1.807) is 29.2 Å². The normalized spacial score (nSPS) is 10.8. The molecule has 0 aliphatic rings. The van der Waals surface area contributed by atoms with Crippen LogP contribution in [0.1, 0.15) is 27.2 Å². The Morgan fingerprint density at radius 1 is 1.24 bits per heavy atom. The van der Waals surface area contributed by atoms with Crippen molar-refractivity contribution in [3.8, 4) is 6.07 Å². The minimum absolute atomic E-state index is 0.0430. The number of aliphatic hydroxyl groups is 1. The molecule has 0 saturated carbocycles. The summed E-state index contributed by atoms with van der Waals surface area (Å²) in [6.07, 6.45) is 3.81. The molecule has 4 rings (SSSR count). The number of aromatic nitrogens is 4. The van der Waals surface area contributed by atoms with Gasteiger partial charge in [-0.05, 0) is 41.8 Å². The molecule has 0 atom stereocenters. The van der Waals surface area contributed by atoms with Crippen molar-refractivity contribution in [2.45, 2.75) is 13.0 Å². The number of nitriles is 1. The predicted molar refractivity (Wildman–Crippen MR) is 107 cm³/mol. The van der Waals surface area contributed by atoms with Gasteiger partial charge < -0.3 is 10.4 Å². The SMILES string of the molecule is N#Cc1cccc(Cn2cc(NC(=O)c3n[nH]c4ccc(CCO)cc34)cn2)c1. The number of aliphatic hydroxyl groups excluding tert-OH is 1. The fourth-order valence-corrected chi connectivity index (χ4v) is 3.15. The van der Waals surface area contributed by atoms with Gasteiger partial charge in [0.2, 0.25) is 0 Å². The number of aromatic amines is 1. The molecule has 8 heteroatoms. The molecule has 1 amide bonds. The molecule has 3 N–H and O–H groups in total. The van der Waals surface area contributed by atoms with Gasteiger partial charge in [0, 0.05) is 18.2 Å². The molecule has 0 bridgehead atoms. The third kappa shape index (κ3) is 4.00. The Hall–Kier alpha value is -3.96. The van der Waals surface area contributed by atoms with Gasteiger partial charge in [-0.15, -0.1) is 0 Å². The Labute approximate surface area is 166 Å². The summed E-state index contributed by atoms with van der Waals surface area (Å²) in [5, 5.41) is 32.9. The summed E-state index contributed by atoms with van der Waals surface area (Å²) in [7, 11) is 0. The van der Waals surface area contributed by atoms with Crippen LogP contribution < -0.4 is 5.32 Å². The lowest BCUT2D eigenvalue weighted by atomic mass is 10.1. The monoisotopic (exact) mass is 386 g/mol. The van der Waals surface area contributed by atoms with Gasteiger partial charge in [-0.1, -0.05) is 18.2 Å². The zero-order chi connectivity index (χ0) is 20.2. The molecule has 0 spiro atoms. The van der Waals surface area contributed by atoms with Crippen LogP contribution in [0.5, 0.6) is 0 Å². The fraction of sp³-hybridized carbons (Fsp3) is 0.143. The highest BCUT2D eigenvalue weighted by Crippen LogP contribution is 2.19. The number of H-pyrrole nitrogens is 1. The minimum atomic E-state index is -0.344. The molecule has 8 nitrogen and oxygen atoms in total. The lowest BCUT2D eigenvalue weighted by Gasteiger charge is -2.03. The fourth-order valence-electron chi connectivity index (χ4n) is 3.15. The maximum atomic E-state index is 12.7. The Morgan fingerprint density at radius 3 is 2.97 bits per heavy atom. The van der Waals surface area contributed by atoms with E-state index in [9.17, 15) is 4.79 Å². The number of hydrogen-bond donors (Lipinski definition) is 3. The molecule has 2 aromatic carbocycles. The number of amides is 1. The molecule has 0 aliphatic carbocycles. The van der Waals surface area contributed by atoms with Crippen LogP contribution in [0.2, 0.25) is 0 Å². The maximum absolute atomic E-state index is 12.7. The molecule has 4 aromatic rings. The van der Waals surface area contributed by atoms with Crippen LogP contribution in [0.4, 0.5) is 5.69 Å². The van der Waals surface area contributed by atoms with Crippen molar-refractivity contribution >= 4 is 22.5 Å². The topological polar surface area (TPSA) is 120 Å². The number of nitrogens with one attached hydrogen (secondary N) is 2. The van der Waals surface area contributed by atoms with Gasteiger partial charge in [0.15, 0.2) is 5.69 Å². The Balaban J connectivity index is 1.50. The Morgan fingerprint density at radius 2 is 2.14 bits per heavy atom. The zero-order valence-corrected chi connectivity index (χ0v) is 15.5. The Bertz CT molecular complexity index is 1220. The quantitative estimate of drug-likeness (QED) is 0.470. The molecule has 2 heterocycles. The van der Waals surface area contributed by atoms with E-state index >= 15 is 0 Å². The number of hydrogen-bond acceptors (Lipinski definition) is 5. The maximum Gasteiger partial charge on any atom is 0.276 e. The van der Waals surface area contributed by atoms with Gasteiger partial charge in [0.05, 0.1) is 35.6 Å². The second-order valence-corrected chi connectivity index (χ2v) is 6.62. The van der Waals surface area contributed by atoms with Crippen LogP contribution in [-0.2, 0) is 13.0 Å². The van der Waals surface area contributed by atoms with E-state index in [-0.39, 0.29) is 18.2 Å². The van der Waals surface area contributed by atoms with Crippen molar-refractivity contribution in [2.75, 3.05) is 11.9 Å². The summed E-state index contributed by atoms with van der Waals surface area (Å²) >= 11 is 0. The predicted octanol–water partition coefficient (Wildman–Crippen LogP) is 2.47. The van der Waals surface area contributed by atoms with Crippen molar-refractivity contribution in [3.63, 3.8) is 0 Å². The molecule has 0 radical (unpaired) electrons. The zero-order valence-electron chi connectivity index (χ0n) is 15.5. The summed E-state index contributed by atoms with van der Waals surface area (Å²) < 4.78 is 1.69. The summed E-state index contributed by atoms with van der Waals surface area (Å²) in [4.78, 5) is 12.7. The molecule has 0 saturated heterocycles. The van der Waals surface area contributed by atoms with Crippen LogP contribution in [0.3, 0.4) is 0 Å². The highest BCUT2D eigenvalue weighted by molar-refractivity contribution is 6.11. The van der Waals surface area contributed by atoms with Crippen LogP contribution in [0.25, 0.3) is 10.9 Å². The standard InChI is InChI=1S/C21H18N6O2/c22-10-15-2-1-3-16(8-15)12-27-13-17(11-23-27)24-21(29)20-18-9-14(6-7-28)4-5-19(18)25-26-20/h1-5,8-9,11,13,28H,6-7,12H2,(H,24,29)(H,25,26). The molecule has 0 aliphatic heterocycles. The second-order valence-electron chi connectivity index (χ2n) is 6.62. The van der Waals surface area contributed by atoms with Crippen LogP contribution in [0, 0.1) is 11.3 Å². The van der Waals surface area contributed by atoms with E-state index in [4.69, 9.17) is 10.4 Å². The van der Waals surface area contributed by atoms with Crippen LogP contribution >= 0.6 is 0 Å². The summed E-state index contributed by atoms with van der Waals surface area (Å²) in [6, 6.07) is 15.0. The van der Waals surface area contributed by atoms with Crippen LogP contribution in [-0.4, -0.2) is 37.6 Å². The second kappa shape index (κ2) is 7.96. The molecule has 0 unspecified atom stereocenters. The van der Waals surface area contributed by atoms with Gasteiger partial charge in [-0.3, -0.25) is 14.6 Å². The van der Waals surface area contributed by atoms with E-state index in [1.165, 1.54) is 0 Å². The first-order valence-electron chi connectivity index (χ1n) is 9.07. The average Bonchev–Trinajstić information content (AvgIpc) is 3.35. The number of carbonyl (C=O) groups excluding carboxylic acids is 1. The lowest BCUT2D eigenvalue weighted by molar-refractivity contribution is 0.102. The van der Waals surface area contributed by atoms with E-state index in [0.717, 1.165) is 16.6 Å². The number of anilines is 1. The first-order valence-corrected chi connectivity index (χ1v) is 9.07. The van der Waals surface area contributed by atoms with Crippen molar-refractivity contribution in [3.05, 3.63) is 77.2 Å².